The van der Waals surface area contributed by atoms with Crippen LogP contribution in [0.25, 0.3) is 11.0 Å². The van der Waals surface area contributed by atoms with Crippen LogP contribution in [0.1, 0.15) is 64.8 Å². The van der Waals surface area contributed by atoms with Gasteiger partial charge in [0.15, 0.2) is 0 Å². The fourth-order valence-electron chi connectivity index (χ4n) is 5.26. The van der Waals surface area contributed by atoms with Crippen molar-refractivity contribution in [1.29, 1.82) is 5.26 Å². The summed E-state index contributed by atoms with van der Waals surface area (Å²) in [6, 6.07) is 8.14. The standard InChI is InChI=1S/C27H36FN7O/c1-7-20-16-35(22-13-25(36)32(6)23-17-33(12-11-29)31-26(22)23)21(8-2)15-34(20)18(3)19-9-10-24(30-14-19)27(4,5)28/h9-10,13-14,17-18,20-21H,7-8,12,15-16H2,1-6H3/t18-,20-,21+/m1/s1. The number of fused-ring (bicyclic) bond motifs is 1. The maximum atomic E-state index is 14.3. The van der Waals surface area contributed by atoms with Crippen LogP contribution in [0, 0.1) is 11.3 Å². The second-order valence-electron chi connectivity index (χ2n) is 10.2. The van der Waals surface area contributed by atoms with E-state index in [9.17, 15) is 9.18 Å². The maximum Gasteiger partial charge on any atom is 0.252 e. The second-order valence-corrected chi connectivity index (χ2v) is 10.2. The highest BCUT2D eigenvalue weighted by Crippen LogP contribution is 2.34. The molecule has 3 aromatic rings. The lowest BCUT2D eigenvalue weighted by Crippen LogP contribution is -2.58. The molecule has 1 fully saturated rings. The van der Waals surface area contributed by atoms with Gasteiger partial charge in [-0.1, -0.05) is 19.9 Å². The molecule has 4 rings (SSSR count). The average Bonchev–Trinajstić information content (AvgIpc) is 3.29. The molecule has 192 valence electrons. The summed E-state index contributed by atoms with van der Waals surface area (Å²) in [6.07, 6.45) is 5.42. The number of hydrogen-bond donors (Lipinski definition) is 0. The Morgan fingerprint density at radius 3 is 2.53 bits per heavy atom. The molecule has 1 aliphatic rings. The Hall–Kier alpha value is -3.25. The van der Waals surface area contributed by atoms with Crippen molar-refractivity contribution < 1.29 is 4.39 Å². The van der Waals surface area contributed by atoms with Crippen molar-refractivity contribution in [2.24, 2.45) is 7.05 Å². The molecule has 1 saturated heterocycles. The Kier molecular flexibility index (Phi) is 7.19. The Morgan fingerprint density at radius 2 is 1.94 bits per heavy atom. The first-order valence-corrected chi connectivity index (χ1v) is 12.7. The third kappa shape index (κ3) is 4.74. The highest BCUT2D eigenvalue weighted by atomic mass is 19.1. The van der Waals surface area contributed by atoms with Gasteiger partial charge in [0.1, 0.15) is 17.7 Å². The number of pyridine rings is 2. The Bertz CT molecular complexity index is 1320. The summed E-state index contributed by atoms with van der Waals surface area (Å²) >= 11 is 0. The number of hydrogen-bond acceptors (Lipinski definition) is 6. The Balaban J connectivity index is 1.68. The van der Waals surface area contributed by atoms with E-state index in [1.54, 1.807) is 40.8 Å². The van der Waals surface area contributed by atoms with Gasteiger partial charge in [-0.15, -0.1) is 0 Å². The molecular weight excluding hydrogens is 457 g/mol. The largest absolute Gasteiger partial charge is 0.364 e. The van der Waals surface area contributed by atoms with E-state index in [4.69, 9.17) is 5.26 Å². The van der Waals surface area contributed by atoms with Gasteiger partial charge in [-0.3, -0.25) is 19.4 Å². The predicted octanol–water partition coefficient (Wildman–Crippen LogP) is 4.30. The van der Waals surface area contributed by atoms with Crippen molar-refractivity contribution in [1.82, 2.24) is 24.2 Å². The summed E-state index contributed by atoms with van der Waals surface area (Å²) in [6.45, 7) is 11.3. The van der Waals surface area contributed by atoms with Crippen LogP contribution in [-0.4, -0.2) is 49.4 Å². The lowest BCUT2D eigenvalue weighted by Gasteiger charge is -2.49. The van der Waals surface area contributed by atoms with Gasteiger partial charge < -0.3 is 9.47 Å². The third-order valence-electron chi connectivity index (χ3n) is 7.54. The summed E-state index contributed by atoms with van der Waals surface area (Å²) in [7, 11) is 1.74. The predicted molar refractivity (Wildman–Crippen MR) is 140 cm³/mol. The summed E-state index contributed by atoms with van der Waals surface area (Å²) in [5.74, 6) is 0. The van der Waals surface area contributed by atoms with Crippen molar-refractivity contribution in [2.75, 3.05) is 18.0 Å². The van der Waals surface area contributed by atoms with Gasteiger partial charge in [0.2, 0.25) is 0 Å². The minimum atomic E-state index is -1.47. The number of nitriles is 1. The minimum absolute atomic E-state index is 0.0883. The minimum Gasteiger partial charge on any atom is -0.364 e. The molecule has 8 nitrogen and oxygen atoms in total. The van der Waals surface area contributed by atoms with Crippen LogP contribution >= 0.6 is 0 Å². The smallest absolute Gasteiger partial charge is 0.252 e. The van der Waals surface area contributed by atoms with Crippen LogP contribution in [0.5, 0.6) is 0 Å². The van der Waals surface area contributed by atoms with Gasteiger partial charge in [-0.05, 0) is 45.2 Å². The van der Waals surface area contributed by atoms with Gasteiger partial charge in [0.05, 0.1) is 29.2 Å². The summed E-state index contributed by atoms with van der Waals surface area (Å²) in [4.78, 5) is 22.1. The number of halogens is 1. The number of alkyl halides is 1. The zero-order valence-electron chi connectivity index (χ0n) is 22.1. The molecule has 4 heterocycles. The molecule has 0 spiro atoms. The molecule has 9 heteroatoms. The van der Waals surface area contributed by atoms with Crippen molar-refractivity contribution in [3.05, 3.63) is 52.2 Å². The van der Waals surface area contributed by atoms with Crippen LogP contribution in [0.2, 0.25) is 0 Å². The zero-order valence-corrected chi connectivity index (χ0v) is 22.1. The van der Waals surface area contributed by atoms with Crippen molar-refractivity contribution in [2.45, 2.75) is 77.8 Å². The molecule has 0 amide bonds. The van der Waals surface area contributed by atoms with Crippen molar-refractivity contribution in [3.8, 4) is 6.07 Å². The molecule has 0 aromatic carbocycles. The first-order valence-electron chi connectivity index (χ1n) is 12.7. The van der Waals surface area contributed by atoms with E-state index in [1.165, 1.54) is 13.8 Å². The van der Waals surface area contributed by atoms with E-state index in [-0.39, 0.29) is 30.2 Å². The Morgan fingerprint density at radius 1 is 1.22 bits per heavy atom. The van der Waals surface area contributed by atoms with E-state index in [2.05, 4.69) is 46.7 Å². The zero-order chi connectivity index (χ0) is 26.2. The molecule has 3 aromatic heterocycles. The van der Waals surface area contributed by atoms with Crippen LogP contribution < -0.4 is 10.5 Å². The normalized spacial score (nSPS) is 20.0. The molecule has 0 aliphatic carbocycles. The van der Waals surface area contributed by atoms with E-state index >= 15 is 0 Å². The van der Waals surface area contributed by atoms with Gasteiger partial charge in [0.25, 0.3) is 5.56 Å². The molecular formula is C27H36FN7O. The quantitative estimate of drug-likeness (QED) is 0.488. The van der Waals surface area contributed by atoms with E-state index < -0.39 is 5.67 Å². The lowest BCUT2D eigenvalue weighted by atomic mass is 9.96. The first kappa shape index (κ1) is 25.8. The highest BCUT2D eigenvalue weighted by molar-refractivity contribution is 5.88. The number of rotatable bonds is 7. The van der Waals surface area contributed by atoms with Crippen LogP contribution in [0.15, 0.2) is 35.4 Å². The van der Waals surface area contributed by atoms with Gasteiger partial charge in [-0.2, -0.15) is 10.4 Å². The van der Waals surface area contributed by atoms with E-state index in [1.807, 2.05) is 6.07 Å². The maximum absolute atomic E-state index is 14.3. The average molecular weight is 494 g/mol. The molecule has 0 saturated carbocycles. The molecule has 0 bridgehead atoms. The van der Waals surface area contributed by atoms with Crippen molar-refractivity contribution in [3.63, 3.8) is 0 Å². The fraction of sp³-hybridized carbons (Fsp3) is 0.556. The van der Waals surface area contributed by atoms with Crippen LogP contribution in [0.4, 0.5) is 10.1 Å². The van der Waals surface area contributed by atoms with Crippen molar-refractivity contribution >= 4 is 16.7 Å². The van der Waals surface area contributed by atoms with Gasteiger partial charge in [-0.25, -0.2) is 4.39 Å². The van der Waals surface area contributed by atoms with Gasteiger partial charge in [0, 0.05) is 50.5 Å². The number of piperazine rings is 1. The molecule has 3 atom stereocenters. The molecule has 0 radical (unpaired) electrons. The number of aryl methyl sites for hydroxylation is 1. The fourth-order valence-corrected chi connectivity index (χ4v) is 5.26. The number of aromatic nitrogens is 4. The molecule has 0 N–H and O–H groups in total. The Labute approximate surface area is 211 Å². The SMILES string of the molecule is CC[C@H]1CN([C@H](C)c2ccc(C(C)(C)F)nc2)[C@H](CC)CN1c1cc(=O)n(C)c2cn(CC#N)nc12. The summed E-state index contributed by atoms with van der Waals surface area (Å²) < 4.78 is 17.5. The highest BCUT2D eigenvalue weighted by Gasteiger charge is 2.36. The van der Waals surface area contributed by atoms with Crippen LogP contribution in [-0.2, 0) is 19.3 Å². The van der Waals surface area contributed by atoms with Gasteiger partial charge >= 0.3 is 0 Å². The topological polar surface area (TPSA) is 83.0 Å². The number of nitrogens with zero attached hydrogens (tertiary/aromatic N) is 7. The first-order chi connectivity index (χ1) is 17.1. The second kappa shape index (κ2) is 10.0. The molecule has 36 heavy (non-hydrogen) atoms. The lowest BCUT2D eigenvalue weighted by molar-refractivity contribution is 0.101. The van der Waals surface area contributed by atoms with E-state index in [0.717, 1.165) is 48.2 Å². The summed E-state index contributed by atoms with van der Waals surface area (Å²) in [5.41, 5.74) is 2.26. The van der Waals surface area contributed by atoms with E-state index in [0.29, 0.717) is 5.69 Å². The monoisotopic (exact) mass is 493 g/mol. The van der Waals surface area contributed by atoms with Crippen LogP contribution in [0.3, 0.4) is 0 Å². The molecule has 0 unspecified atom stereocenters. The molecule has 1 aliphatic heterocycles. The summed E-state index contributed by atoms with van der Waals surface area (Å²) in [5, 5.41) is 13.8. The third-order valence-corrected chi connectivity index (χ3v) is 7.54. The number of anilines is 1.